The summed E-state index contributed by atoms with van der Waals surface area (Å²) < 4.78 is 1.34. The number of carboxylic acid groups (broad SMARTS) is 1. The Kier molecular flexibility index (Phi) is 6.43. The molecule has 0 aliphatic carbocycles. The number of hydrogen-bond acceptors (Lipinski definition) is 4. The van der Waals surface area contributed by atoms with E-state index in [1.807, 2.05) is 26.0 Å². The van der Waals surface area contributed by atoms with E-state index in [1.165, 1.54) is 4.68 Å². The number of amides is 2. The first-order chi connectivity index (χ1) is 16.3. The van der Waals surface area contributed by atoms with Crippen molar-refractivity contribution < 1.29 is 19.5 Å². The third kappa shape index (κ3) is 3.94. The standard InChI is InChI=1S/C23H19ClN4O4.C2H6/c1-26-9-7-13-5-6-15(12-18(13)21(26)29)27-10-8-17-19(23(31)32)25-28(20(17)22(27)30)16-4-2-3-14(24)11-16;1-2/h2-6,11-12H,7-10H2,1H3,(H,31,32);1-2H3. The minimum absolute atomic E-state index is 0.0737. The van der Waals surface area contributed by atoms with Crippen molar-refractivity contribution in [1.29, 1.82) is 0 Å². The number of carbonyl (C=O) groups is 3. The number of anilines is 1. The lowest BCUT2D eigenvalue weighted by Gasteiger charge is -2.30. The van der Waals surface area contributed by atoms with Crippen LogP contribution in [-0.4, -0.2) is 57.7 Å². The van der Waals surface area contributed by atoms with E-state index in [1.54, 1.807) is 47.2 Å². The van der Waals surface area contributed by atoms with Crippen molar-refractivity contribution in [3.8, 4) is 5.69 Å². The van der Waals surface area contributed by atoms with Gasteiger partial charge in [-0.3, -0.25) is 9.59 Å². The van der Waals surface area contributed by atoms with Gasteiger partial charge in [-0.15, -0.1) is 0 Å². The van der Waals surface area contributed by atoms with Gasteiger partial charge in [0.15, 0.2) is 5.69 Å². The van der Waals surface area contributed by atoms with Crippen LogP contribution in [0.1, 0.15) is 56.3 Å². The number of aromatic carboxylic acids is 1. The first-order valence-corrected chi connectivity index (χ1v) is 11.5. The molecule has 2 aliphatic heterocycles. The Morgan fingerprint density at radius 1 is 1.00 bits per heavy atom. The fraction of sp³-hybridized carbons (Fsp3) is 0.280. The Bertz CT molecular complexity index is 1300. The van der Waals surface area contributed by atoms with Crippen LogP contribution in [0.15, 0.2) is 42.5 Å². The van der Waals surface area contributed by atoms with Gasteiger partial charge in [0, 0.05) is 42.0 Å². The van der Waals surface area contributed by atoms with Crippen molar-refractivity contribution in [2.45, 2.75) is 26.7 Å². The summed E-state index contributed by atoms with van der Waals surface area (Å²) in [6.45, 7) is 4.95. The molecule has 1 N–H and O–H groups in total. The molecule has 5 rings (SSSR count). The second-order valence-corrected chi connectivity index (χ2v) is 8.33. The van der Waals surface area contributed by atoms with Crippen LogP contribution < -0.4 is 4.90 Å². The normalized spacial score (nSPS) is 14.8. The van der Waals surface area contributed by atoms with Gasteiger partial charge in [-0.2, -0.15) is 5.10 Å². The Hall–Kier alpha value is -3.65. The number of carboxylic acids is 1. The third-order valence-electron chi connectivity index (χ3n) is 5.97. The van der Waals surface area contributed by atoms with Crippen LogP contribution in [0.4, 0.5) is 5.69 Å². The molecule has 0 radical (unpaired) electrons. The summed E-state index contributed by atoms with van der Waals surface area (Å²) in [4.78, 5) is 41.2. The molecule has 0 saturated carbocycles. The number of aromatic nitrogens is 2. The van der Waals surface area contributed by atoms with Crippen molar-refractivity contribution in [1.82, 2.24) is 14.7 Å². The molecule has 9 heteroatoms. The van der Waals surface area contributed by atoms with Gasteiger partial charge in [0.25, 0.3) is 11.8 Å². The molecular weight excluding hydrogens is 456 g/mol. The second kappa shape index (κ2) is 9.30. The van der Waals surface area contributed by atoms with Gasteiger partial charge < -0.3 is 14.9 Å². The summed E-state index contributed by atoms with van der Waals surface area (Å²) in [5.41, 5.74) is 3.08. The van der Waals surface area contributed by atoms with Crippen LogP contribution in [0.25, 0.3) is 5.69 Å². The largest absolute Gasteiger partial charge is 0.476 e. The summed E-state index contributed by atoms with van der Waals surface area (Å²) in [6.07, 6.45) is 1.09. The molecule has 0 atom stereocenters. The molecule has 34 heavy (non-hydrogen) atoms. The molecule has 3 aromatic rings. The van der Waals surface area contributed by atoms with Gasteiger partial charge in [-0.05, 0) is 48.7 Å². The first kappa shape index (κ1) is 23.5. The number of likely N-dealkylation sites (N-methyl/N-ethyl adjacent to an activating group) is 1. The highest BCUT2D eigenvalue weighted by Gasteiger charge is 2.35. The molecule has 0 fully saturated rings. The molecule has 2 aliphatic rings. The van der Waals surface area contributed by atoms with E-state index in [0.717, 1.165) is 12.0 Å². The van der Waals surface area contributed by atoms with Crippen molar-refractivity contribution in [2.24, 2.45) is 0 Å². The van der Waals surface area contributed by atoms with Crippen molar-refractivity contribution in [2.75, 3.05) is 25.0 Å². The molecule has 0 saturated heterocycles. The van der Waals surface area contributed by atoms with Crippen molar-refractivity contribution in [3.05, 3.63) is 75.6 Å². The van der Waals surface area contributed by atoms with Gasteiger partial charge in [-0.1, -0.05) is 37.6 Å². The fourth-order valence-corrected chi connectivity index (χ4v) is 4.50. The number of hydrogen-bond donors (Lipinski definition) is 1. The van der Waals surface area contributed by atoms with E-state index in [0.29, 0.717) is 40.5 Å². The molecule has 0 unspecified atom stereocenters. The topological polar surface area (TPSA) is 95.7 Å². The molecular formula is C25H25ClN4O4. The fourth-order valence-electron chi connectivity index (χ4n) is 4.32. The highest BCUT2D eigenvalue weighted by molar-refractivity contribution is 6.30. The summed E-state index contributed by atoms with van der Waals surface area (Å²) in [6, 6.07) is 12.2. The summed E-state index contributed by atoms with van der Waals surface area (Å²) in [5.74, 6) is -1.64. The van der Waals surface area contributed by atoms with Gasteiger partial charge in [-0.25, -0.2) is 9.48 Å². The van der Waals surface area contributed by atoms with Crippen LogP contribution >= 0.6 is 11.6 Å². The van der Waals surface area contributed by atoms with Crippen LogP contribution in [-0.2, 0) is 12.8 Å². The number of rotatable bonds is 3. The number of carbonyl (C=O) groups excluding carboxylic acids is 2. The van der Waals surface area contributed by atoms with Crippen LogP contribution in [0.3, 0.4) is 0 Å². The first-order valence-electron chi connectivity index (χ1n) is 11.2. The monoisotopic (exact) mass is 480 g/mol. The third-order valence-corrected chi connectivity index (χ3v) is 6.21. The Balaban J connectivity index is 0.00000133. The molecule has 8 nitrogen and oxygen atoms in total. The average molecular weight is 481 g/mol. The van der Waals surface area contributed by atoms with Gasteiger partial charge in [0.05, 0.1) is 5.69 Å². The molecule has 3 heterocycles. The SMILES string of the molecule is CC.CN1CCc2ccc(N3CCc4c(C(=O)O)nn(-c5cccc(Cl)c5)c4C3=O)cc2C1=O. The predicted octanol–water partition coefficient (Wildman–Crippen LogP) is 4.08. The molecule has 1 aromatic heterocycles. The molecule has 0 bridgehead atoms. The van der Waals surface area contributed by atoms with Crippen LogP contribution in [0.2, 0.25) is 5.02 Å². The van der Waals surface area contributed by atoms with Gasteiger partial charge in [0.1, 0.15) is 5.69 Å². The summed E-state index contributed by atoms with van der Waals surface area (Å²) in [7, 11) is 1.76. The van der Waals surface area contributed by atoms with Crippen molar-refractivity contribution in [3.63, 3.8) is 0 Å². The summed E-state index contributed by atoms with van der Waals surface area (Å²) >= 11 is 6.11. The molecule has 176 valence electrons. The minimum atomic E-state index is -1.19. The lowest BCUT2D eigenvalue weighted by atomic mass is 9.97. The van der Waals surface area contributed by atoms with Gasteiger partial charge >= 0.3 is 5.97 Å². The zero-order valence-corrected chi connectivity index (χ0v) is 20.0. The maximum Gasteiger partial charge on any atom is 0.356 e. The number of nitrogens with zero attached hydrogens (tertiary/aromatic N) is 4. The van der Waals surface area contributed by atoms with E-state index in [2.05, 4.69) is 5.10 Å². The second-order valence-electron chi connectivity index (χ2n) is 7.90. The Morgan fingerprint density at radius 2 is 1.76 bits per heavy atom. The maximum absolute atomic E-state index is 13.6. The Labute approximate surface area is 202 Å². The molecule has 2 amide bonds. The predicted molar refractivity (Wildman–Crippen MR) is 129 cm³/mol. The average Bonchev–Trinajstić information content (AvgIpc) is 3.24. The zero-order valence-electron chi connectivity index (χ0n) is 19.2. The van der Waals surface area contributed by atoms with E-state index in [9.17, 15) is 19.5 Å². The zero-order chi connectivity index (χ0) is 24.6. The van der Waals surface area contributed by atoms with E-state index in [-0.39, 0.29) is 29.7 Å². The molecule has 0 spiro atoms. The van der Waals surface area contributed by atoms with Crippen LogP contribution in [0.5, 0.6) is 0 Å². The van der Waals surface area contributed by atoms with Gasteiger partial charge in [0.2, 0.25) is 0 Å². The van der Waals surface area contributed by atoms with E-state index >= 15 is 0 Å². The Morgan fingerprint density at radius 3 is 2.47 bits per heavy atom. The number of halogens is 1. The van der Waals surface area contributed by atoms with Crippen molar-refractivity contribution >= 4 is 35.1 Å². The highest BCUT2D eigenvalue weighted by atomic mass is 35.5. The molecule has 2 aromatic carbocycles. The lowest BCUT2D eigenvalue weighted by Crippen LogP contribution is -2.39. The summed E-state index contributed by atoms with van der Waals surface area (Å²) in [5, 5.41) is 14.3. The van der Waals surface area contributed by atoms with Crippen LogP contribution in [0, 0.1) is 0 Å². The number of benzene rings is 2. The lowest BCUT2D eigenvalue weighted by molar-refractivity contribution is 0.0688. The highest BCUT2D eigenvalue weighted by Crippen LogP contribution is 2.31. The van der Waals surface area contributed by atoms with E-state index in [4.69, 9.17) is 11.6 Å². The minimum Gasteiger partial charge on any atom is -0.476 e. The smallest absolute Gasteiger partial charge is 0.356 e. The quantitative estimate of drug-likeness (QED) is 0.609. The van der Waals surface area contributed by atoms with E-state index < -0.39 is 5.97 Å². The number of fused-ring (bicyclic) bond motifs is 2. The maximum atomic E-state index is 13.6.